The van der Waals surface area contributed by atoms with Gasteiger partial charge in [0.15, 0.2) is 0 Å². The highest BCUT2D eigenvalue weighted by Gasteiger charge is 2.23. The molecule has 2 aromatic rings. The van der Waals surface area contributed by atoms with Crippen LogP contribution in [0.4, 0.5) is 0 Å². The van der Waals surface area contributed by atoms with Gasteiger partial charge >= 0.3 is 11.7 Å². The molecule has 0 bridgehead atoms. The average molecular weight is 277 g/mol. The van der Waals surface area contributed by atoms with E-state index in [1.807, 2.05) is 6.92 Å². The van der Waals surface area contributed by atoms with Crippen LogP contribution < -0.4 is 5.69 Å². The number of ether oxygens (including phenoxy) is 1. The van der Waals surface area contributed by atoms with Gasteiger partial charge in [-0.15, -0.1) is 0 Å². The van der Waals surface area contributed by atoms with Gasteiger partial charge in [0.2, 0.25) is 5.78 Å². The summed E-state index contributed by atoms with van der Waals surface area (Å²) in [6.45, 7) is 3.72. The van der Waals surface area contributed by atoms with E-state index in [9.17, 15) is 14.4 Å². The molecule has 7 heteroatoms. The first-order valence-corrected chi connectivity index (χ1v) is 6.28. The van der Waals surface area contributed by atoms with E-state index >= 15 is 0 Å². The van der Waals surface area contributed by atoms with Gasteiger partial charge in [-0.05, 0) is 19.4 Å². The number of imidazole rings is 1. The van der Waals surface area contributed by atoms with Gasteiger partial charge in [-0.25, -0.2) is 9.59 Å². The Morgan fingerprint density at radius 3 is 2.60 bits per heavy atom. The predicted molar refractivity (Wildman–Crippen MR) is 71.0 cm³/mol. The summed E-state index contributed by atoms with van der Waals surface area (Å²) < 4.78 is 4.88. The van der Waals surface area contributed by atoms with Gasteiger partial charge < -0.3 is 19.7 Å². The maximum absolute atomic E-state index is 12.4. The number of H-pyrrole nitrogens is 3. The molecular formula is C13H15N3O4. The number of aryl methyl sites for hydroxylation is 1. The van der Waals surface area contributed by atoms with Crippen molar-refractivity contribution < 1.29 is 14.3 Å². The molecule has 3 N–H and O–H groups in total. The average Bonchev–Trinajstić information content (AvgIpc) is 3.04. The molecule has 2 aromatic heterocycles. The number of aromatic amines is 3. The van der Waals surface area contributed by atoms with Crippen LogP contribution in [-0.2, 0) is 11.2 Å². The van der Waals surface area contributed by atoms with Crippen LogP contribution in [-0.4, -0.2) is 33.3 Å². The number of hydrogen-bond acceptors (Lipinski definition) is 4. The summed E-state index contributed by atoms with van der Waals surface area (Å²) in [7, 11) is 0. The van der Waals surface area contributed by atoms with Crippen LogP contribution in [0.3, 0.4) is 0 Å². The topological polar surface area (TPSA) is 108 Å². The quantitative estimate of drug-likeness (QED) is 0.559. The molecule has 2 heterocycles. The van der Waals surface area contributed by atoms with E-state index in [-0.39, 0.29) is 23.6 Å². The second kappa shape index (κ2) is 5.60. The minimum Gasteiger partial charge on any atom is -0.462 e. The lowest BCUT2D eigenvalue weighted by molar-refractivity contribution is 0.0523. The van der Waals surface area contributed by atoms with Gasteiger partial charge in [0, 0.05) is 11.9 Å². The fourth-order valence-electron chi connectivity index (χ4n) is 1.94. The Bertz CT molecular complexity index is 693. The molecular weight excluding hydrogens is 262 g/mol. The van der Waals surface area contributed by atoms with Crippen LogP contribution in [0.1, 0.15) is 46.1 Å². The number of nitrogens with one attached hydrogen (secondary N) is 3. The highest BCUT2D eigenvalue weighted by molar-refractivity contribution is 6.12. The standard InChI is InChI=1S/C13H15N3O4/c1-3-8-10(16-13(19)15-8)11(17)9-7(5-6-14-9)12(18)20-4-2/h5-6,14H,3-4H2,1-2H3,(H2,15,16,19). The fraction of sp³-hybridized carbons (Fsp3) is 0.308. The van der Waals surface area contributed by atoms with E-state index in [0.717, 1.165) is 0 Å². The van der Waals surface area contributed by atoms with Gasteiger partial charge in [0.1, 0.15) is 11.4 Å². The molecule has 0 saturated heterocycles. The maximum atomic E-state index is 12.4. The Balaban J connectivity index is 2.41. The molecule has 0 aliphatic heterocycles. The van der Waals surface area contributed by atoms with Crippen molar-refractivity contribution in [3.63, 3.8) is 0 Å². The van der Waals surface area contributed by atoms with Gasteiger partial charge in [-0.2, -0.15) is 0 Å². The molecule has 20 heavy (non-hydrogen) atoms. The summed E-state index contributed by atoms with van der Waals surface area (Å²) in [5.41, 5.74) is 0.471. The minimum atomic E-state index is -0.576. The van der Waals surface area contributed by atoms with Crippen molar-refractivity contribution in [2.75, 3.05) is 6.61 Å². The molecule has 0 aromatic carbocycles. The highest BCUT2D eigenvalue weighted by Crippen LogP contribution is 2.14. The van der Waals surface area contributed by atoms with Crippen molar-refractivity contribution in [3.8, 4) is 0 Å². The third kappa shape index (κ3) is 2.42. The molecule has 2 rings (SSSR count). The second-order valence-electron chi connectivity index (χ2n) is 4.10. The monoisotopic (exact) mass is 277 g/mol. The minimum absolute atomic E-state index is 0.105. The second-order valence-corrected chi connectivity index (χ2v) is 4.10. The van der Waals surface area contributed by atoms with Gasteiger partial charge in [-0.3, -0.25) is 4.79 Å². The number of carbonyl (C=O) groups excluding carboxylic acids is 2. The Morgan fingerprint density at radius 2 is 1.95 bits per heavy atom. The van der Waals surface area contributed by atoms with E-state index in [0.29, 0.717) is 12.1 Å². The van der Waals surface area contributed by atoms with E-state index in [1.54, 1.807) is 6.92 Å². The predicted octanol–water partition coefficient (Wildman–Crippen LogP) is 1.00. The molecule has 0 atom stereocenters. The summed E-state index contributed by atoms with van der Waals surface area (Å²) in [6, 6.07) is 1.47. The maximum Gasteiger partial charge on any atom is 0.340 e. The lowest BCUT2D eigenvalue weighted by Gasteiger charge is -2.03. The Labute approximate surface area is 114 Å². The molecule has 0 unspecified atom stereocenters. The summed E-state index contributed by atoms with van der Waals surface area (Å²) >= 11 is 0. The van der Waals surface area contributed by atoms with Crippen LogP contribution in [0.25, 0.3) is 0 Å². The van der Waals surface area contributed by atoms with E-state index < -0.39 is 17.4 Å². The smallest absolute Gasteiger partial charge is 0.340 e. The molecule has 0 aliphatic carbocycles. The van der Waals surface area contributed by atoms with Crippen LogP contribution in [0, 0.1) is 0 Å². The number of aromatic nitrogens is 3. The van der Waals surface area contributed by atoms with Crippen molar-refractivity contribution in [1.29, 1.82) is 0 Å². The lowest BCUT2D eigenvalue weighted by atomic mass is 10.1. The largest absolute Gasteiger partial charge is 0.462 e. The van der Waals surface area contributed by atoms with Gasteiger partial charge in [0.05, 0.1) is 12.2 Å². The third-order valence-corrected chi connectivity index (χ3v) is 2.85. The van der Waals surface area contributed by atoms with E-state index in [4.69, 9.17) is 4.74 Å². The number of ketones is 1. The third-order valence-electron chi connectivity index (χ3n) is 2.85. The normalized spacial score (nSPS) is 10.5. The summed E-state index contributed by atoms with van der Waals surface area (Å²) in [5, 5.41) is 0. The Hall–Kier alpha value is -2.57. The van der Waals surface area contributed by atoms with Gasteiger partial charge in [0.25, 0.3) is 0 Å². The SMILES string of the molecule is CCOC(=O)c1cc[nH]c1C(=O)c1[nH]c(=O)[nH]c1CC. The summed E-state index contributed by atoms with van der Waals surface area (Å²) in [5.74, 6) is -1.03. The molecule has 0 saturated carbocycles. The molecule has 106 valence electrons. The highest BCUT2D eigenvalue weighted by atomic mass is 16.5. The first kappa shape index (κ1) is 13.9. The zero-order valence-electron chi connectivity index (χ0n) is 11.2. The molecule has 0 radical (unpaired) electrons. The number of carbonyl (C=O) groups is 2. The van der Waals surface area contributed by atoms with Crippen LogP contribution in [0.5, 0.6) is 0 Å². The lowest BCUT2D eigenvalue weighted by Crippen LogP contribution is -2.13. The first-order chi connectivity index (χ1) is 9.58. The van der Waals surface area contributed by atoms with Crippen LogP contribution >= 0.6 is 0 Å². The molecule has 0 aliphatic rings. The zero-order chi connectivity index (χ0) is 14.7. The Morgan fingerprint density at radius 1 is 1.20 bits per heavy atom. The molecule has 0 fully saturated rings. The van der Waals surface area contributed by atoms with E-state index in [1.165, 1.54) is 12.3 Å². The van der Waals surface area contributed by atoms with Crippen molar-refractivity contribution in [3.05, 3.63) is 45.4 Å². The molecule has 0 amide bonds. The molecule has 0 spiro atoms. The first-order valence-electron chi connectivity index (χ1n) is 6.28. The van der Waals surface area contributed by atoms with Crippen molar-refractivity contribution in [1.82, 2.24) is 15.0 Å². The van der Waals surface area contributed by atoms with Gasteiger partial charge in [-0.1, -0.05) is 6.92 Å². The summed E-state index contributed by atoms with van der Waals surface area (Å²) in [4.78, 5) is 43.2. The van der Waals surface area contributed by atoms with Crippen molar-refractivity contribution >= 4 is 11.8 Å². The van der Waals surface area contributed by atoms with E-state index in [2.05, 4.69) is 15.0 Å². The van der Waals surface area contributed by atoms with Crippen molar-refractivity contribution in [2.24, 2.45) is 0 Å². The zero-order valence-corrected chi connectivity index (χ0v) is 11.2. The number of rotatable bonds is 5. The Kier molecular flexibility index (Phi) is 3.88. The summed E-state index contributed by atoms with van der Waals surface area (Å²) in [6.07, 6.45) is 1.98. The van der Waals surface area contributed by atoms with Crippen molar-refractivity contribution in [2.45, 2.75) is 20.3 Å². The fourth-order valence-corrected chi connectivity index (χ4v) is 1.94. The number of hydrogen-bond donors (Lipinski definition) is 3. The van der Waals surface area contributed by atoms with Crippen LogP contribution in [0.15, 0.2) is 17.1 Å². The van der Waals surface area contributed by atoms with Crippen LogP contribution in [0.2, 0.25) is 0 Å². The molecule has 7 nitrogen and oxygen atoms in total. The number of esters is 1.